The Kier molecular flexibility index (Phi) is 7.74. The van der Waals surface area contributed by atoms with Gasteiger partial charge in [-0.05, 0) is 12.1 Å². The molecule has 0 radical (unpaired) electrons. The molecule has 0 aliphatic heterocycles. The second-order valence-electron chi connectivity index (χ2n) is 2.92. The number of thiol groups is 1. The Morgan fingerprint density at radius 1 is 1.59 bits per heavy atom. The second kappa shape index (κ2) is 8.54. The maximum atomic E-state index is 10.4. The van der Waals surface area contributed by atoms with Gasteiger partial charge in [-0.15, -0.1) is 0 Å². The predicted octanol–water partition coefficient (Wildman–Crippen LogP) is -0.403. The number of hydrogen-bond donors (Lipinski definition) is 3. The predicted molar refractivity (Wildman–Crippen MR) is 66.6 cm³/mol. The summed E-state index contributed by atoms with van der Waals surface area (Å²) in [5.74, 6) is -0.532. The van der Waals surface area contributed by atoms with Gasteiger partial charge in [-0.1, -0.05) is 0 Å². The number of hydrogen-bond acceptors (Lipinski definition) is 6. The summed E-state index contributed by atoms with van der Waals surface area (Å²) in [6.45, 7) is 0. The SMILES string of the molecule is COC(=O)[C@@H](N)CS.NC(=O)c1cccnc1. The number of ether oxygens (including phenoxy) is 1. The number of rotatable bonds is 3. The molecule has 0 spiro atoms. The number of amides is 1. The average Bonchev–Trinajstić information content (AvgIpc) is 2.38. The molecule has 4 N–H and O–H groups in total. The smallest absolute Gasteiger partial charge is 0.323 e. The Morgan fingerprint density at radius 3 is 2.47 bits per heavy atom. The van der Waals surface area contributed by atoms with Crippen molar-refractivity contribution < 1.29 is 14.3 Å². The van der Waals surface area contributed by atoms with E-state index in [1.807, 2.05) is 0 Å². The van der Waals surface area contributed by atoms with Crippen LogP contribution in [0.3, 0.4) is 0 Å². The number of esters is 1. The number of carbonyl (C=O) groups excluding carboxylic acids is 2. The first-order valence-electron chi connectivity index (χ1n) is 4.67. The maximum absolute atomic E-state index is 10.4. The Bertz CT molecular complexity index is 359. The van der Waals surface area contributed by atoms with Crippen molar-refractivity contribution in [2.75, 3.05) is 12.9 Å². The van der Waals surface area contributed by atoms with Crippen molar-refractivity contribution in [3.63, 3.8) is 0 Å². The standard InChI is InChI=1S/C6H6N2O.C4H9NO2S/c7-6(9)5-2-1-3-8-4-5;1-7-4(6)3(5)2-8/h1-4H,(H2,7,9);3,8H,2,5H2,1H3/t;3-/m.0/s1. The van der Waals surface area contributed by atoms with Gasteiger partial charge < -0.3 is 16.2 Å². The molecule has 17 heavy (non-hydrogen) atoms. The summed E-state index contributed by atoms with van der Waals surface area (Å²) in [4.78, 5) is 24.4. The maximum Gasteiger partial charge on any atom is 0.323 e. The van der Waals surface area contributed by atoms with Gasteiger partial charge in [0.1, 0.15) is 6.04 Å². The van der Waals surface area contributed by atoms with E-state index in [4.69, 9.17) is 11.5 Å². The Labute approximate surface area is 105 Å². The first-order chi connectivity index (χ1) is 8.02. The van der Waals surface area contributed by atoms with Crippen molar-refractivity contribution in [3.8, 4) is 0 Å². The van der Waals surface area contributed by atoms with Crippen molar-refractivity contribution in [1.82, 2.24) is 4.98 Å². The fourth-order valence-corrected chi connectivity index (χ4v) is 0.883. The molecule has 1 heterocycles. The molecule has 1 aromatic rings. The third kappa shape index (κ3) is 6.54. The zero-order valence-electron chi connectivity index (χ0n) is 9.37. The van der Waals surface area contributed by atoms with Gasteiger partial charge >= 0.3 is 5.97 Å². The Balaban J connectivity index is 0.000000304. The van der Waals surface area contributed by atoms with Crippen LogP contribution in [0.25, 0.3) is 0 Å². The van der Waals surface area contributed by atoms with Gasteiger partial charge in [0.15, 0.2) is 0 Å². The number of carbonyl (C=O) groups is 2. The van der Waals surface area contributed by atoms with Crippen molar-refractivity contribution in [2.24, 2.45) is 11.5 Å². The van der Waals surface area contributed by atoms with Crippen LogP contribution in [0.1, 0.15) is 10.4 Å². The number of methoxy groups -OCH3 is 1. The van der Waals surface area contributed by atoms with E-state index in [2.05, 4.69) is 22.3 Å². The van der Waals surface area contributed by atoms with Gasteiger partial charge in [0.2, 0.25) is 5.91 Å². The van der Waals surface area contributed by atoms with Crippen molar-refractivity contribution in [3.05, 3.63) is 30.1 Å². The molecule has 0 saturated heterocycles. The van der Waals surface area contributed by atoms with E-state index in [1.165, 1.54) is 13.3 Å². The number of aromatic nitrogens is 1. The van der Waals surface area contributed by atoms with Crippen LogP contribution in [-0.4, -0.2) is 35.8 Å². The van der Waals surface area contributed by atoms with Crippen molar-refractivity contribution in [2.45, 2.75) is 6.04 Å². The van der Waals surface area contributed by atoms with Gasteiger partial charge in [0.25, 0.3) is 0 Å². The summed E-state index contributed by atoms with van der Waals surface area (Å²) < 4.78 is 4.29. The monoisotopic (exact) mass is 257 g/mol. The number of pyridine rings is 1. The van der Waals surface area contributed by atoms with Crippen LogP contribution in [0.2, 0.25) is 0 Å². The van der Waals surface area contributed by atoms with Crippen LogP contribution in [0.15, 0.2) is 24.5 Å². The molecule has 0 bridgehead atoms. The second-order valence-corrected chi connectivity index (χ2v) is 3.28. The highest BCUT2D eigenvalue weighted by molar-refractivity contribution is 7.80. The molecule has 0 unspecified atom stereocenters. The van der Waals surface area contributed by atoms with E-state index < -0.39 is 17.9 Å². The molecule has 0 aromatic carbocycles. The molecule has 0 fully saturated rings. The van der Waals surface area contributed by atoms with Crippen molar-refractivity contribution in [1.29, 1.82) is 0 Å². The molecule has 1 rings (SSSR count). The minimum absolute atomic E-state index is 0.326. The van der Waals surface area contributed by atoms with Crippen LogP contribution in [0.4, 0.5) is 0 Å². The fraction of sp³-hybridized carbons (Fsp3) is 0.300. The van der Waals surface area contributed by atoms with E-state index in [9.17, 15) is 9.59 Å². The minimum atomic E-state index is -0.580. The average molecular weight is 257 g/mol. The van der Waals surface area contributed by atoms with Crippen LogP contribution in [0.5, 0.6) is 0 Å². The van der Waals surface area contributed by atoms with Crippen molar-refractivity contribution >= 4 is 24.5 Å². The fourth-order valence-electron chi connectivity index (χ4n) is 0.734. The zero-order valence-corrected chi connectivity index (χ0v) is 10.3. The largest absolute Gasteiger partial charge is 0.468 e. The lowest BCUT2D eigenvalue weighted by atomic mass is 10.3. The third-order valence-electron chi connectivity index (χ3n) is 1.65. The van der Waals surface area contributed by atoms with E-state index >= 15 is 0 Å². The molecular weight excluding hydrogens is 242 g/mol. The quantitative estimate of drug-likeness (QED) is 0.504. The zero-order chi connectivity index (χ0) is 13.3. The van der Waals surface area contributed by atoms with Crippen LogP contribution < -0.4 is 11.5 Å². The number of nitrogens with zero attached hydrogens (tertiary/aromatic N) is 1. The number of nitrogens with two attached hydrogens (primary N) is 2. The lowest BCUT2D eigenvalue weighted by Gasteiger charge is -2.02. The van der Waals surface area contributed by atoms with E-state index in [-0.39, 0.29) is 0 Å². The summed E-state index contributed by atoms with van der Waals surface area (Å²) >= 11 is 3.78. The lowest BCUT2D eigenvalue weighted by molar-refractivity contribution is -0.141. The molecule has 0 aliphatic carbocycles. The third-order valence-corrected chi connectivity index (χ3v) is 2.04. The Morgan fingerprint density at radius 2 is 2.24 bits per heavy atom. The Hall–Kier alpha value is -1.60. The molecular formula is C10H15N3O3S. The van der Waals surface area contributed by atoms with Gasteiger partial charge in [-0.25, -0.2) is 0 Å². The molecule has 0 aliphatic rings. The highest BCUT2D eigenvalue weighted by atomic mass is 32.1. The van der Waals surface area contributed by atoms with E-state index in [0.29, 0.717) is 11.3 Å². The molecule has 0 saturated carbocycles. The molecule has 1 amide bonds. The summed E-state index contributed by atoms with van der Waals surface area (Å²) in [6.07, 6.45) is 3.02. The molecule has 1 atom stereocenters. The van der Waals surface area contributed by atoms with Crippen LogP contribution >= 0.6 is 12.6 Å². The first-order valence-corrected chi connectivity index (χ1v) is 5.30. The summed E-state index contributed by atoms with van der Waals surface area (Å²) in [7, 11) is 1.30. The minimum Gasteiger partial charge on any atom is -0.468 e. The molecule has 7 heteroatoms. The van der Waals surface area contributed by atoms with Gasteiger partial charge in [0, 0.05) is 18.1 Å². The summed E-state index contributed by atoms with van der Waals surface area (Å²) in [5.41, 5.74) is 10.6. The topological polar surface area (TPSA) is 108 Å². The summed E-state index contributed by atoms with van der Waals surface area (Å²) in [5, 5.41) is 0. The highest BCUT2D eigenvalue weighted by Gasteiger charge is 2.09. The van der Waals surface area contributed by atoms with E-state index in [0.717, 1.165) is 0 Å². The van der Waals surface area contributed by atoms with Gasteiger partial charge in [-0.2, -0.15) is 12.6 Å². The first kappa shape index (κ1) is 15.4. The summed E-state index contributed by atoms with van der Waals surface area (Å²) in [6, 6.07) is 2.71. The normalized spacial score (nSPS) is 10.8. The lowest BCUT2D eigenvalue weighted by Crippen LogP contribution is -2.32. The number of primary amides is 1. The molecule has 1 aromatic heterocycles. The highest BCUT2D eigenvalue weighted by Crippen LogP contribution is 1.91. The molecule has 6 nitrogen and oxygen atoms in total. The van der Waals surface area contributed by atoms with E-state index in [1.54, 1.807) is 18.3 Å². The van der Waals surface area contributed by atoms with Crippen LogP contribution in [-0.2, 0) is 9.53 Å². The molecule has 94 valence electrons. The van der Waals surface area contributed by atoms with Crippen LogP contribution in [0, 0.1) is 0 Å². The van der Waals surface area contributed by atoms with Gasteiger partial charge in [-0.3, -0.25) is 14.6 Å². The van der Waals surface area contributed by atoms with Gasteiger partial charge in [0.05, 0.1) is 12.7 Å².